The van der Waals surface area contributed by atoms with Gasteiger partial charge in [0.2, 0.25) is 11.9 Å². The van der Waals surface area contributed by atoms with E-state index in [2.05, 4.69) is 20.4 Å². The molecule has 8 heteroatoms. The van der Waals surface area contributed by atoms with E-state index in [0.29, 0.717) is 17.5 Å². The zero-order valence-electron chi connectivity index (χ0n) is 11.2. The summed E-state index contributed by atoms with van der Waals surface area (Å²) in [5, 5.41) is 0.702. The Balaban J connectivity index is 2.19. The van der Waals surface area contributed by atoms with Crippen molar-refractivity contribution < 1.29 is 4.74 Å². The van der Waals surface area contributed by atoms with Crippen molar-refractivity contribution in [1.82, 2.24) is 15.0 Å². The fraction of sp³-hybridized carbons (Fsp3) is 0.250. The molecule has 20 heavy (non-hydrogen) atoms. The molecule has 0 unspecified atom stereocenters. The van der Waals surface area contributed by atoms with Gasteiger partial charge in [0.25, 0.3) is 0 Å². The Morgan fingerprint density at radius 2 is 1.95 bits per heavy atom. The van der Waals surface area contributed by atoms with Crippen molar-refractivity contribution in [1.29, 1.82) is 0 Å². The number of aromatic nitrogens is 3. The molecule has 0 atom stereocenters. The average molecular weight is 295 g/mol. The number of nitrogen functional groups attached to an aromatic ring is 1. The van der Waals surface area contributed by atoms with Crippen LogP contribution in [0.3, 0.4) is 0 Å². The number of nitrogens with zero attached hydrogens (tertiary/aromatic N) is 4. The first kappa shape index (κ1) is 14.3. The molecule has 1 aromatic carbocycles. The van der Waals surface area contributed by atoms with Gasteiger partial charge in [0.15, 0.2) is 0 Å². The van der Waals surface area contributed by atoms with Crippen LogP contribution in [0, 0.1) is 0 Å². The number of nitrogens with one attached hydrogen (secondary N) is 1. The van der Waals surface area contributed by atoms with Crippen LogP contribution in [0.4, 0.5) is 11.9 Å². The summed E-state index contributed by atoms with van der Waals surface area (Å²) in [6.45, 7) is 0.619. The van der Waals surface area contributed by atoms with Crippen molar-refractivity contribution in [3.63, 3.8) is 0 Å². The van der Waals surface area contributed by atoms with Gasteiger partial charge in [0.1, 0.15) is 0 Å². The Labute approximate surface area is 121 Å². The van der Waals surface area contributed by atoms with Crippen LogP contribution in [0.2, 0.25) is 5.02 Å². The number of rotatable bonds is 5. The van der Waals surface area contributed by atoms with Crippen LogP contribution in [0.1, 0.15) is 5.56 Å². The molecular weight excluding hydrogens is 280 g/mol. The number of ether oxygens (including phenoxy) is 1. The van der Waals surface area contributed by atoms with E-state index in [-0.39, 0.29) is 12.0 Å². The van der Waals surface area contributed by atoms with Crippen molar-refractivity contribution in [3.05, 3.63) is 34.9 Å². The van der Waals surface area contributed by atoms with Crippen molar-refractivity contribution in [3.8, 4) is 6.01 Å². The second-order valence-electron chi connectivity index (χ2n) is 4.07. The highest BCUT2D eigenvalue weighted by molar-refractivity contribution is 6.30. The summed E-state index contributed by atoms with van der Waals surface area (Å²) in [5.41, 5.74) is 3.46. The van der Waals surface area contributed by atoms with Crippen molar-refractivity contribution in [2.75, 3.05) is 24.5 Å². The molecule has 0 saturated carbocycles. The van der Waals surface area contributed by atoms with E-state index in [1.54, 1.807) is 0 Å². The number of benzene rings is 1. The predicted octanol–water partition coefficient (Wildman–Crippen LogP) is 1.46. The standard InChI is InChI=1S/C12H15ClN6O/c1-19(7-8-3-5-9(13)6-4-8)11-15-10(18-14)16-12(17-11)20-2/h3-6H,7,14H2,1-2H3,(H,15,16,17,18). The van der Waals surface area contributed by atoms with E-state index in [9.17, 15) is 0 Å². The Hall–Kier alpha value is -2.12. The zero-order chi connectivity index (χ0) is 14.5. The first-order chi connectivity index (χ1) is 9.62. The highest BCUT2D eigenvalue weighted by Gasteiger charge is 2.10. The molecule has 0 saturated heterocycles. The van der Waals surface area contributed by atoms with Crippen LogP contribution < -0.4 is 20.9 Å². The second-order valence-corrected chi connectivity index (χ2v) is 4.51. The van der Waals surface area contributed by atoms with Gasteiger partial charge in [-0.2, -0.15) is 15.0 Å². The number of hydrogen-bond acceptors (Lipinski definition) is 7. The minimum absolute atomic E-state index is 0.200. The quantitative estimate of drug-likeness (QED) is 0.637. The van der Waals surface area contributed by atoms with Crippen LogP contribution in [0.25, 0.3) is 0 Å². The van der Waals surface area contributed by atoms with Gasteiger partial charge in [0.05, 0.1) is 7.11 Å². The van der Waals surface area contributed by atoms with Gasteiger partial charge in [0, 0.05) is 18.6 Å². The molecule has 1 aromatic heterocycles. The molecule has 0 aliphatic rings. The van der Waals surface area contributed by atoms with E-state index in [1.165, 1.54) is 7.11 Å². The average Bonchev–Trinajstić information content (AvgIpc) is 2.48. The minimum atomic E-state index is 0.200. The van der Waals surface area contributed by atoms with Gasteiger partial charge in [-0.15, -0.1) is 0 Å². The number of hydrazine groups is 1. The Morgan fingerprint density at radius 3 is 2.55 bits per heavy atom. The van der Waals surface area contributed by atoms with Gasteiger partial charge in [-0.25, -0.2) is 5.84 Å². The molecule has 1 heterocycles. The van der Waals surface area contributed by atoms with Crippen LogP contribution in [0.15, 0.2) is 24.3 Å². The molecule has 0 bridgehead atoms. The lowest BCUT2D eigenvalue weighted by Gasteiger charge is -2.17. The van der Waals surface area contributed by atoms with Crippen LogP contribution in [-0.4, -0.2) is 29.1 Å². The third kappa shape index (κ3) is 3.46. The number of methoxy groups -OCH3 is 1. The van der Waals surface area contributed by atoms with Crippen LogP contribution >= 0.6 is 11.6 Å². The molecular formula is C12H15ClN6O. The molecule has 7 nitrogen and oxygen atoms in total. The van der Waals surface area contributed by atoms with Gasteiger partial charge in [-0.1, -0.05) is 23.7 Å². The Kier molecular flexibility index (Phi) is 4.54. The van der Waals surface area contributed by atoms with E-state index in [1.807, 2.05) is 36.2 Å². The third-order valence-corrected chi connectivity index (χ3v) is 2.84. The lowest BCUT2D eigenvalue weighted by Crippen LogP contribution is -2.21. The molecule has 0 fully saturated rings. The van der Waals surface area contributed by atoms with Gasteiger partial charge < -0.3 is 9.64 Å². The summed E-state index contributed by atoms with van der Waals surface area (Å²) >= 11 is 5.86. The maximum Gasteiger partial charge on any atom is 0.322 e. The number of anilines is 2. The molecule has 2 rings (SSSR count). The van der Waals surface area contributed by atoms with Gasteiger partial charge in [-0.05, 0) is 17.7 Å². The van der Waals surface area contributed by atoms with Gasteiger partial charge in [-0.3, -0.25) is 5.43 Å². The lowest BCUT2D eigenvalue weighted by molar-refractivity contribution is 0.379. The number of nitrogens with two attached hydrogens (primary N) is 1. The first-order valence-corrected chi connectivity index (χ1v) is 6.22. The number of halogens is 1. The highest BCUT2D eigenvalue weighted by atomic mass is 35.5. The monoisotopic (exact) mass is 294 g/mol. The summed E-state index contributed by atoms with van der Waals surface area (Å²) in [5.74, 6) is 6.02. The molecule has 0 aliphatic heterocycles. The smallest absolute Gasteiger partial charge is 0.322 e. The molecule has 106 valence electrons. The Morgan fingerprint density at radius 1 is 1.25 bits per heavy atom. The van der Waals surface area contributed by atoms with Crippen molar-refractivity contribution >= 4 is 23.5 Å². The van der Waals surface area contributed by atoms with E-state index in [0.717, 1.165) is 5.56 Å². The fourth-order valence-corrected chi connectivity index (χ4v) is 1.73. The van der Waals surface area contributed by atoms with Crippen LogP contribution in [0.5, 0.6) is 6.01 Å². The van der Waals surface area contributed by atoms with Crippen LogP contribution in [-0.2, 0) is 6.54 Å². The van der Waals surface area contributed by atoms with E-state index in [4.69, 9.17) is 22.2 Å². The third-order valence-electron chi connectivity index (χ3n) is 2.59. The molecule has 0 amide bonds. The molecule has 2 aromatic rings. The second kappa shape index (κ2) is 6.36. The molecule has 0 spiro atoms. The highest BCUT2D eigenvalue weighted by Crippen LogP contribution is 2.16. The summed E-state index contributed by atoms with van der Waals surface area (Å²) in [7, 11) is 3.35. The minimum Gasteiger partial charge on any atom is -0.467 e. The molecule has 0 radical (unpaired) electrons. The maximum absolute atomic E-state index is 5.86. The summed E-state index contributed by atoms with van der Waals surface area (Å²) < 4.78 is 5.01. The summed E-state index contributed by atoms with van der Waals surface area (Å²) in [6.07, 6.45) is 0. The molecule has 3 N–H and O–H groups in total. The maximum atomic E-state index is 5.86. The molecule has 0 aliphatic carbocycles. The summed E-state index contributed by atoms with van der Waals surface area (Å²) in [6, 6.07) is 7.77. The normalized spacial score (nSPS) is 10.2. The van der Waals surface area contributed by atoms with E-state index < -0.39 is 0 Å². The Bertz CT molecular complexity index is 554. The van der Waals surface area contributed by atoms with Crippen molar-refractivity contribution in [2.24, 2.45) is 5.84 Å². The fourth-order valence-electron chi connectivity index (χ4n) is 1.61. The van der Waals surface area contributed by atoms with E-state index >= 15 is 0 Å². The first-order valence-electron chi connectivity index (χ1n) is 5.84. The lowest BCUT2D eigenvalue weighted by atomic mass is 10.2. The largest absolute Gasteiger partial charge is 0.467 e. The number of hydrogen-bond donors (Lipinski definition) is 2. The van der Waals surface area contributed by atoms with Crippen molar-refractivity contribution in [2.45, 2.75) is 6.54 Å². The predicted molar refractivity (Wildman–Crippen MR) is 77.7 cm³/mol. The summed E-state index contributed by atoms with van der Waals surface area (Å²) in [4.78, 5) is 14.2. The van der Waals surface area contributed by atoms with Gasteiger partial charge >= 0.3 is 6.01 Å². The SMILES string of the molecule is COc1nc(NN)nc(N(C)Cc2ccc(Cl)cc2)n1. The zero-order valence-corrected chi connectivity index (χ0v) is 11.9. The topological polar surface area (TPSA) is 89.2 Å².